The molecule has 0 spiro atoms. The molecule has 1 heterocycles. The van der Waals surface area contributed by atoms with Crippen LogP contribution in [0.4, 0.5) is 4.79 Å². The topological polar surface area (TPSA) is 78.5 Å². The minimum atomic E-state index is -1.32. The van der Waals surface area contributed by atoms with Crippen molar-refractivity contribution in [1.29, 1.82) is 0 Å². The van der Waals surface area contributed by atoms with E-state index in [9.17, 15) is 14.4 Å². The molecule has 2 aliphatic rings. The molecule has 1 atom stereocenters. The number of imide groups is 1. The summed E-state index contributed by atoms with van der Waals surface area (Å²) in [5, 5.41) is 6.07. The summed E-state index contributed by atoms with van der Waals surface area (Å²) in [6.07, 6.45) is 2.22. The molecule has 1 aliphatic carbocycles. The lowest BCUT2D eigenvalue weighted by atomic mass is 9.92. The second kappa shape index (κ2) is 6.26. The number of hydrogen-bond donors (Lipinski definition) is 2. The number of urea groups is 1. The van der Waals surface area contributed by atoms with Crippen molar-refractivity contribution < 1.29 is 14.4 Å². The Kier molecular flexibility index (Phi) is 4.44. The number of benzene rings is 1. The Morgan fingerprint density at radius 3 is 2.71 bits per heavy atom. The summed E-state index contributed by atoms with van der Waals surface area (Å²) >= 11 is 12.0. The van der Waals surface area contributed by atoms with Crippen molar-refractivity contribution in [3.05, 3.63) is 33.8 Å². The fraction of sp³-hybridized carbons (Fsp3) is 0.438. The lowest BCUT2D eigenvalue weighted by Crippen LogP contribution is -2.43. The highest BCUT2D eigenvalue weighted by Gasteiger charge is 2.50. The predicted octanol–water partition coefficient (Wildman–Crippen LogP) is 2.29. The Balaban J connectivity index is 1.75. The molecule has 1 aromatic carbocycles. The molecule has 6 nitrogen and oxygen atoms in total. The zero-order valence-electron chi connectivity index (χ0n) is 13.1. The largest absolute Gasteiger partial charge is 0.354 e. The van der Waals surface area contributed by atoms with E-state index < -0.39 is 17.5 Å². The first kappa shape index (κ1) is 17.0. The highest BCUT2D eigenvalue weighted by molar-refractivity contribution is 6.35. The van der Waals surface area contributed by atoms with Crippen LogP contribution in [-0.2, 0) is 15.1 Å². The van der Waals surface area contributed by atoms with Gasteiger partial charge in [0.25, 0.3) is 5.91 Å². The highest BCUT2D eigenvalue weighted by Crippen LogP contribution is 2.34. The Morgan fingerprint density at radius 2 is 2.08 bits per heavy atom. The normalized spacial score (nSPS) is 23.4. The van der Waals surface area contributed by atoms with Crippen molar-refractivity contribution in [2.45, 2.75) is 25.3 Å². The van der Waals surface area contributed by atoms with Gasteiger partial charge in [0, 0.05) is 22.2 Å². The number of carbonyl (C=O) groups excluding carboxylic acids is 3. The minimum absolute atomic E-state index is 0.277. The SMILES string of the molecule is CC1(c2ccc(Cl)cc2Cl)NC(=O)N(CC(=O)NCC2CC2)C1=O. The minimum Gasteiger partial charge on any atom is -0.354 e. The summed E-state index contributed by atoms with van der Waals surface area (Å²) in [5.74, 6) is -0.342. The average molecular weight is 370 g/mol. The van der Waals surface area contributed by atoms with Gasteiger partial charge in [-0.1, -0.05) is 29.3 Å². The zero-order valence-corrected chi connectivity index (χ0v) is 14.6. The Hall–Kier alpha value is -1.79. The third kappa shape index (κ3) is 3.21. The third-order valence-electron chi connectivity index (χ3n) is 4.33. The summed E-state index contributed by atoms with van der Waals surface area (Å²) in [5.41, 5.74) is -0.886. The molecule has 1 saturated heterocycles. The van der Waals surface area contributed by atoms with Gasteiger partial charge in [0.15, 0.2) is 0 Å². The lowest BCUT2D eigenvalue weighted by molar-refractivity contribution is -0.134. The molecule has 2 N–H and O–H groups in total. The monoisotopic (exact) mass is 369 g/mol. The summed E-state index contributed by atoms with van der Waals surface area (Å²) in [7, 11) is 0. The van der Waals surface area contributed by atoms with Gasteiger partial charge in [0.2, 0.25) is 5.91 Å². The lowest BCUT2D eigenvalue weighted by Gasteiger charge is -2.23. The molecular weight excluding hydrogens is 353 g/mol. The average Bonchev–Trinajstić information content (AvgIpc) is 3.30. The van der Waals surface area contributed by atoms with Crippen LogP contribution in [0.1, 0.15) is 25.3 Å². The molecule has 0 bridgehead atoms. The van der Waals surface area contributed by atoms with E-state index in [1.165, 1.54) is 6.07 Å². The van der Waals surface area contributed by atoms with Gasteiger partial charge in [-0.05, 0) is 37.8 Å². The molecule has 1 aromatic rings. The fourth-order valence-corrected chi connectivity index (χ4v) is 3.30. The number of rotatable bonds is 5. The van der Waals surface area contributed by atoms with Gasteiger partial charge in [-0.2, -0.15) is 0 Å². The smallest absolute Gasteiger partial charge is 0.325 e. The third-order valence-corrected chi connectivity index (χ3v) is 4.88. The standard InChI is InChI=1S/C16H17Cl2N3O3/c1-16(11-5-4-10(17)6-12(11)18)14(23)21(15(24)20-16)8-13(22)19-7-9-2-3-9/h4-6,9H,2-3,7-8H2,1H3,(H,19,22)(H,20,24). The van der Waals surface area contributed by atoms with Crippen LogP contribution < -0.4 is 10.6 Å². The van der Waals surface area contributed by atoms with E-state index in [1.54, 1.807) is 19.1 Å². The van der Waals surface area contributed by atoms with Crippen molar-refractivity contribution >= 4 is 41.0 Å². The van der Waals surface area contributed by atoms with E-state index in [1.807, 2.05) is 0 Å². The molecule has 8 heteroatoms. The van der Waals surface area contributed by atoms with Crippen molar-refractivity contribution in [3.63, 3.8) is 0 Å². The fourth-order valence-electron chi connectivity index (χ4n) is 2.70. The van der Waals surface area contributed by atoms with Gasteiger partial charge in [-0.3, -0.25) is 14.5 Å². The molecule has 2 fully saturated rings. The number of carbonyl (C=O) groups is 3. The van der Waals surface area contributed by atoms with Crippen molar-refractivity contribution in [1.82, 2.24) is 15.5 Å². The molecule has 0 aromatic heterocycles. The number of nitrogens with one attached hydrogen (secondary N) is 2. The summed E-state index contributed by atoms with van der Waals surface area (Å²) in [6.45, 7) is 1.84. The van der Waals surface area contributed by atoms with E-state index >= 15 is 0 Å². The number of hydrogen-bond acceptors (Lipinski definition) is 3. The second-order valence-electron chi connectivity index (χ2n) is 6.32. The van der Waals surface area contributed by atoms with Crippen molar-refractivity contribution in [2.75, 3.05) is 13.1 Å². The molecule has 0 radical (unpaired) electrons. The van der Waals surface area contributed by atoms with Crippen LogP contribution >= 0.6 is 23.2 Å². The Morgan fingerprint density at radius 1 is 1.38 bits per heavy atom. The Bertz CT molecular complexity index is 721. The zero-order chi connectivity index (χ0) is 17.5. The van der Waals surface area contributed by atoms with Gasteiger partial charge in [-0.25, -0.2) is 4.79 Å². The molecule has 24 heavy (non-hydrogen) atoms. The van der Waals surface area contributed by atoms with Gasteiger partial charge >= 0.3 is 6.03 Å². The molecule has 1 unspecified atom stereocenters. The van der Waals surface area contributed by atoms with E-state index in [2.05, 4.69) is 10.6 Å². The quantitative estimate of drug-likeness (QED) is 0.781. The highest BCUT2D eigenvalue weighted by atomic mass is 35.5. The molecule has 1 aliphatic heterocycles. The first-order chi connectivity index (χ1) is 11.3. The van der Waals surface area contributed by atoms with Gasteiger partial charge < -0.3 is 10.6 Å². The Labute approximate surface area is 149 Å². The summed E-state index contributed by atoms with van der Waals surface area (Å²) in [6, 6.07) is 4.08. The number of nitrogens with zero attached hydrogens (tertiary/aromatic N) is 1. The van der Waals surface area contributed by atoms with Crippen molar-refractivity contribution in [3.8, 4) is 0 Å². The van der Waals surface area contributed by atoms with Crippen LogP contribution in [0.2, 0.25) is 10.0 Å². The van der Waals surface area contributed by atoms with Crippen LogP contribution in [-0.4, -0.2) is 35.8 Å². The maximum absolute atomic E-state index is 12.7. The maximum atomic E-state index is 12.7. The van der Waals surface area contributed by atoms with Crippen LogP contribution in [0, 0.1) is 5.92 Å². The van der Waals surface area contributed by atoms with E-state index in [0.717, 1.165) is 17.7 Å². The summed E-state index contributed by atoms with van der Waals surface area (Å²) < 4.78 is 0. The maximum Gasteiger partial charge on any atom is 0.325 e. The molecule has 1 saturated carbocycles. The molecule has 128 valence electrons. The molecule has 4 amide bonds. The van der Waals surface area contributed by atoms with Gasteiger partial charge in [0.05, 0.1) is 0 Å². The van der Waals surface area contributed by atoms with Crippen LogP contribution in [0.25, 0.3) is 0 Å². The second-order valence-corrected chi connectivity index (χ2v) is 7.16. The number of halogens is 2. The first-order valence-corrected chi connectivity index (χ1v) is 8.43. The van der Waals surface area contributed by atoms with E-state index in [0.29, 0.717) is 23.0 Å². The van der Waals surface area contributed by atoms with Crippen molar-refractivity contribution in [2.24, 2.45) is 5.92 Å². The predicted molar refractivity (Wildman–Crippen MR) is 89.8 cm³/mol. The van der Waals surface area contributed by atoms with Gasteiger partial charge in [0.1, 0.15) is 12.1 Å². The molecular formula is C16H17Cl2N3O3. The van der Waals surface area contributed by atoms with Crippen LogP contribution in [0.5, 0.6) is 0 Å². The first-order valence-electron chi connectivity index (χ1n) is 7.67. The summed E-state index contributed by atoms with van der Waals surface area (Å²) in [4.78, 5) is 37.8. The van der Waals surface area contributed by atoms with E-state index in [4.69, 9.17) is 23.2 Å². The van der Waals surface area contributed by atoms with Gasteiger partial charge in [-0.15, -0.1) is 0 Å². The van der Waals surface area contributed by atoms with Crippen LogP contribution in [0.15, 0.2) is 18.2 Å². The number of amides is 4. The van der Waals surface area contributed by atoms with E-state index in [-0.39, 0.29) is 17.5 Å². The van der Waals surface area contributed by atoms with Crippen LogP contribution in [0.3, 0.4) is 0 Å². The molecule has 3 rings (SSSR count).